The van der Waals surface area contributed by atoms with Crippen LogP contribution in [-0.2, 0) is 0 Å². The molecule has 5 nitrogen and oxygen atoms in total. The van der Waals surface area contributed by atoms with E-state index in [9.17, 15) is 4.79 Å². The number of nitrogens with one attached hydrogen (secondary N) is 1. The summed E-state index contributed by atoms with van der Waals surface area (Å²) in [5.74, 6) is 1.28. The molecular formula is C29H33N3O2. The zero-order valence-electron chi connectivity index (χ0n) is 20.8. The molecule has 4 aromatic rings. The average molecular weight is 456 g/mol. The van der Waals surface area contributed by atoms with E-state index in [0.717, 1.165) is 5.56 Å². The molecule has 1 unspecified atom stereocenters. The number of allylic oxidation sites excluding steroid dienone is 1. The molecule has 1 N–H and O–H groups in total. The van der Waals surface area contributed by atoms with Crippen LogP contribution in [0.4, 0.5) is 0 Å². The van der Waals surface area contributed by atoms with E-state index in [1.54, 1.807) is 18.5 Å². The number of aromatic amines is 1. The van der Waals surface area contributed by atoms with Crippen LogP contribution in [-0.4, -0.2) is 15.0 Å². The standard InChI is InChI=1S/C27H27N3O2.C2H6/c1-17(2)23-11-10-22(32-27-29-25-16-28-13-12-24(25)26(31)30-27)15-21(23)14-18(3)19(4)20-8-6-5-7-9-20;1-2/h5-17,19H,1-4H3,(H,29,30,31);1-2H3/b18-14+;. The molecule has 2 heterocycles. The van der Waals surface area contributed by atoms with Gasteiger partial charge in [-0.05, 0) is 47.7 Å². The molecular weight excluding hydrogens is 422 g/mol. The van der Waals surface area contributed by atoms with Crippen molar-refractivity contribution in [3.8, 4) is 11.8 Å². The number of benzene rings is 2. The van der Waals surface area contributed by atoms with Crippen LogP contribution in [0.1, 0.15) is 70.1 Å². The van der Waals surface area contributed by atoms with Gasteiger partial charge in [0.2, 0.25) is 0 Å². The van der Waals surface area contributed by atoms with Crippen molar-refractivity contribution in [2.75, 3.05) is 0 Å². The van der Waals surface area contributed by atoms with Gasteiger partial charge in [-0.1, -0.05) is 82.7 Å². The zero-order chi connectivity index (χ0) is 24.7. The lowest BCUT2D eigenvalue weighted by Gasteiger charge is -2.16. The Balaban J connectivity index is 0.00000158. The van der Waals surface area contributed by atoms with Gasteiger partial charge in [0.05, 0.1) is 17.1 Å². The highest BCUT2D eigenvalue weighted by atomic mass is 16.5. The molecule has 34 heavy (non-hydrogen) atoms. The lowest BCUT2D eigenvalue weighted by atomic mass is 9.90. The van der Waals surface area contributed by atoms with Crippen LogP contribution in [0, 0.1) is 0 Å². The molecule has 2 aromatic heterocycles. The summed E-state index contributed by atoms with van der Waals surface area (Å²) < 4.78 is 5.95. The first-order chi connectivity index (χ1) is 16.4. The lowest BCUT2D eigenvalue weighted by Crippen LogP contribution is -2.09. The fourth-order valence-corrected chi connectivity index (χ4v) is 3.77. The van der Waals surface area contributed by atoms with E-state index in [4.69, 9.17) is 4.74 Å². The van der Waals surface area contributed by atoms with Crippen LogP contribution >= 0.6 is 0 Å². The van der Waals surface area contributed by atoms with Gasteiger partial charge in [0.1, 0.15) is 5.75 Å². The third kappa shape index (κ3) is 5.79. The summed E-state index contributed by atoms with van der Waals surface area (Å²) in [6.07, 6.45) is 5.35. The van der Waals surface area contributed by atoms with E-state index in [-0.39, 0.29) is 11.6 Å². The van der Waals surface area contributed by atoms with Crippen LogP contribution in [0.25, 0.3) is 17.0 Å². The second-order valence-electron chi connectivity index (χ2n) is 8.33. The van der Waals surface area contributed by atoms with Gasteiger partial charge in [-0.2, -0.15) is 4.98 Å². The Kier molecular flexibility index (Phi) is 8.36. The first-order valence-corrected chi connectivity index (χ1v) is 11.8. The molecule has 0 aliphatic heterocycles. The largest absolute Gasteiger partial charge is 0.426 e. The van der Waals surface area contributed by atoms with E-state index in [1.165, 1.54) is 16.7 Å². The Hall–Kier alpha value is -3.73. The second kappa shape index (κ2) is 11.4. The third-order valence-corrected chi connectivity index (χ3v) is 5.75. The van der Waals surface area contributed by atoms with Crippen LogP contribution in [0.3, 0.4) is 0 Å². The number of pyridine rings is 1. The summed E-state index contributed by atoms with van der Waals surface area (Å²) in [5.41, 5.74) is 5.13. The van der Waals surface area contributed by atoms with Gasteiger partial charge in [0.15, 0.2) is 0 Å². The van der Waals surface area contributed by atoms with Crippen molar-refractivity contribution in [2.45, 2.75) is 53.4 Å². The third-order valence-electron chi connectivity index (χ3n) is 5.75. The summed E-state index contributed by atoms with van der Waals surface area (Å²) >= 11 is 0. The Labute approximate surface area is 201 Å². The summed E-state index contributed by atoms with van der Waals surface area (Å²) in [5, 5.41) is 0.483. The molecule has 0 saturated carbocycles. The summed E-state index contributed by atoms with van der Waals surface area (Å²) in [7, 11) is 0. The molecule has 0 amide bonds. The number of fused-ring (bicyclic) bond motifs is 1. The molecule has 0 radical (unpaired) electrons. The van der Waals surface area contributed by atoms with E-state index in [0.29, 0.717) is 28.5 Å². The summed E-state index contributed by atoms with van der Waals surface area (Å²) in [4.78, 5) is 23.5. The predicted molar refractivity (Wildman–Crippen MR) is 141 cm³/mol. The highest BCUT2D eigenvalue weighted by Gasteiger charge is 2.12. The molecule has 5 heteroatoms. The fourth-order valence-electron chi connectivity index (χ4n) is 3.77. The van der Waals surface area contributed by atoms with Crippen molar-refractivity contribution in [1.82, 2.24) is 15.0 Å². The molecule has 176 valence electrons. The SMILES string of the molecule is C/C(=C\c1cc(Oc2nc3cnccc3c(=O)[nH]2)ccc1C(C)C)C(C)c1ccccc1.CC. The van der Waals surface area contributed by atoms with E-state index in [1.807, 2.05) is 32.0 Å². The molecule has 0 aliphatic carbocycles. The van der Waals surface area contributed by atoms with Crippen molar-refractivity contribution >= 4 is 17.0 Å². The maximum atomic E-state index is 12.3. The van der Waals surface area contributed by atoms with Crippen LogP contribution < -0.4 is 10.3 Å². The topological polar surface area (TPSA) is 67.9 Å². The van der Waals surface area contributed by atoms with Crippen LogP contribution in [0.15, 0.2) is 77.4 Å². The van der Waals surface area contributed by atoms with E-state index in [2.05, 4.69) is 79.1 Å². The summed E-state index contributed by atoms with van der Waals surface area (Å²) in [6.45, 7) is 12.7. The molecule has 0 saturated heterocycles. The van der Waals surface area contributed by atoms with Crippen molar-refractivity contribution in [2.24, 2.45) is 0 Å². The Bertz CT molecular complexity index is 1320. The first-order valence-electron chi connectivity index (χ1n) is 11.8. The Morgan fingerprint density at radius 3 is 2.47 bits per heavy atom. The zero-order valence-corrected chi connectivity index (χ0v) is 20.8. The monoisotopic (exact) mass is 455 g/mol. The van der Waals surface area contributed by atoms with Crippen LogP contribution in [0.2, 0.25) is 0 Å². The van der Waals surface area contributed by atoms with Gasteiger partial charge in [0.25, 0.3) is 5.56 Å². The molecule has 1 atom stereocenters. The highest BCUT2D eigenvalue weighted by molar-refractivity contribution is 5.76. The Morgan fingerprint density at radius 2 is 1.76 bits per heavy atom. The van der Waals surface area contributed by atoms with Gasteiger partial charge in [-0.15, -0.1) is 0 Å². The maximum absolute atomic E-state index is 12.3. The minimum atomic E-state index is -0.251. The van der Waals surface area contributed by atoms with Gasteiger partial charge in [0, 0.05) is 12.1 Å². The molecule has 0 aliphatic rings. The van der Waals surface area contributed by atoms with Gasteiger partial charge in [-0.25, -0.2) is 0 Å². The van der Waals surface area contributed by atoms with E-state index < -0.39 is 0 Å². The summed E-state index contributed by atoms with van der Waals surface area (Å²) in [6, 6.07) is 18.3. The number of nitrogens with zero attached hydrogens (tertiary/aromatic N) is 2. The average Bonchev–Trinajstić information content (AvgIpc) is 2.85. The van der Waals surface area contributed by atoms with Crippen molar-refractivity contribution < 1.29 is 4.74 Å². The number of aromatic nitrogens is 3. The van der Waals surface area contributed by atoms with Crippen molar-refractivity contribution in [1.29, 1.82) is 0 Å². The maximum Gasteiger partial charge on any atom is 0.302 e. The molecule has 4 rings (SSSR count). The predicted octanol–water partition coefficient (Wildman–Crippen LogP) is 7.47. The number of H-pyrrole nitrogens is 1. The lowest BCUT2D eigenvalue weighted by molar-refractivity contribution is 0.442. The highest BCUT2D eigenvalue weighted by Crippen LogP contribution is 2.31. The Morgan fingerprint density at radius 1 is 1.03 bits per heavy atom. The minimum absolute atomic E-state index is 0.150. The fraction of sp³-hybridized carbons (Fsp3) is 0.276. The van der Waals surface area contributed by atoms with E-state index >= 15 is 0 Å². The number of ether oxygens (including phenoxy) is 1. The minimum Gasteiger partial charge on any atom is -0.426 e. The number of rotatable bonds is 6. The molecule has 0 spiro atoms. The van der Waals surface area contributed by atoms with Crippen molar-refractivity contribution in [3.63, 3.8) is 0 Å². The normalized spacial score (nSPS) is 12.3. The van der Waals surface area contributed by atoms with Crippen molar-refractivity contribution in [3.05, 3.63) is 99.6 Å². The van der Waals surface area contributed by atoms with Gasteiger partial charge < -0.3 is 4.74 Å². The second-order valence-corrected chi connectivity index (χ2v) is 8.33. The molecule has 2 aromatic carbocycles. The van der Waals surface area contributed by atoms with Gasteiger partial charge >= 0.3 is 6.01 Å². The molecule has 0 fully saturated rings. The number of hydrogen-bond donors (Lipinski definition) is 1. The molecule has 0 bridgehead atoms. The smallest absolute Gasteiger partial charge is 0.302 e. The first kappa shape index (κ1) is 24.9. The number of hydrogen-bond acceptors (Lipinski definition) is 4. The quantitative estimate of drug-likeness (QED) is 0.327. The van der Waals surface area contributed by atoms with Gasteiger partial charge in [-0.3, -0.25) is 14.8 Å². The van der Waals surface area contributed by atoms with Crippen LogP contribution in [0.5, 0.6) is 11.8 Å².